The summed E-state index contributed by atoms with van der Waals surface area (Å²) < 4.78 is 16.9. The number of hydrogen-bond acceptors (Lipinski definition) is 6. The van der Waals surface area contributed by atoms with Crippen molar-refractivity contribution in [3.8, 4) is 0 Å². The van der Waals surface area contributed by atoms with Gasteiger partial charge in [0.2, 0.25) is 0 Å². The van der Waals surface area contributed by atoms with Crippen molar-refractivity contribution in [2.24, 2.45) is 0 Å². The highest BCUT2D eigenvalue weighted by Gasteiger charge is 2.19. The van der Waals surface area contributed by atoms with Gasteiger partial charge in [-0.1, -0.05) is 336 Å². The van der Waals surface area contributed by atoms with Gasteiger partial charge in [0, 0.05) is 19.3 Å². The molecular formula is C77H132O6. The van der Waals surface area contributed by atoms with E-state index in [1.807, 2.05) is 0 Å². The lowest BCUT2D eigenvalue weighted by Crippen LogP contribution is -2.30. The fourth-order valence-electron chi connectivity index (χ4n) is 9.98. The molecule has 83 heavy (non-hydrogen) atoms. The summed E-state index contributed by atoms with van der Waals surface area (Å²) in [6.45, 7) is 6.47. The Morgan fingerprint density at radius 3 is 0.807 bits per heavy atom. The van der Waals surface area contributed by atoms with Crippen LogP contribution in [0.15, 0.2) is 109 Å². The standard InChI is InChI=1S/C77H132O6/c1-4-7-10-13-16-19-22-25-28-30-32-34-36-37-38-39-40-42-43-45-47-49-52-55-58-61-64-67-70-76(79)82-73-74(72-81-75(78)69-66-63-60-57-54-51-27-24-21-18-15-12-9-6-3)83-77(80)71-68-65-62-59-56-53-50-48-46-44-41-35-33-31-29-26-23-20-17-14-11-8-5-2/h8,11,15,17-18,20,24,26-27,29,33,35,44,46,50,53,59,62,74H,4-7,9-10,12-14,16,19,21-23,25,28,30-32,34,36-43,45,47-49,51-52,54-58,60-61,63-73H2,1-3H3/b11-8-,18-15-,20-17-,27-24-,29-26-,35-33-,46-44-,53-50-,62-59-. The first-order valence-corrected chi connectivity index (χ1v) is 35.4. The van der Waals surface area contributed by atoms with Crippen molar-refractivity contribution in [1.29, 1.82) is 0 Å². The molecule has 0 saturated carbocycles. The first-order chi connectivity index (χ1) is 41.0. The van der Waals surface area contributed by atoms with Crippen LogP contribution in [0.3, 0.4) is 0 Å². The van der Waals surface area contributed by atoms with Crippen LogP contribution in [0.1, 0.15) is 342 Å². The summed E-state index contributed by atoms with van der Waals surface area (Å²) in [5, 5.41) is 0. The largest absolute Gasteiger partial charge is 0.462 e. The van der Waals surface area contributed by atoms with Crippen molar-refractivity contribution in [2.75, 3.05) is 13.2 Å². The first-order valence-electron chi connectivity index (χ1n) is 35.4. The number of allylic oxidation sites excluding steroid dienone is 18. The Labute approximate surface area is 514 Å². The van der Waals surface area contributed by atoms with Crippen LogP contribution in [0.2, 0.25) is 0 Å². The quantitative estimate of drug-likeness (QED) is 0.0261. The topological polar surface area (TPSA) is 78.9 Å². The zero-order valence-electron chi connectivity index (χ0n) is 54.7. The van der Waals surface area contributed by atoms with E-state index in [9.17, 15) is 14.4 Å². The lowest BCUT2D eigenvalue weighted by molar-refractivity contribution is -0.167. The molecule has 0 saturated heterocycles. The van der Waals surface area contributed by atoms with Crippen LogP contribution in [0.5, 0.6) is 0 Å². The SMILES string of the molecule is CC/C=C\C/C=C\C/C=C\C/C=C\C/C=C\C/C=C\C/C=C\CCCC(=O)OC(COC(=O)CCCCCCC/C=C\C/C=C\CCCC)COC(=O)CCCCCCCCCCCCCCCCCCCCCCCCCCCCCC. The van der Waals surface area contributed by atoms with Crippen molar-refractivity contribution < 1.29 is 28.6 Å². The maximum atomic E-state index is 12.9. The summed E-state index contributed by atoms with van der Waals surface area (Å²) in [6, 6.07) is 0. The number of ether oxygens (including phenoxy) is 3. The molecule has 0 aliphatic carbocycles. The van der Waals surface area contributed by atoms with Crippen molar-refractivity contribution in [3.63, 3.8) is 0 Å². The minimum atomic E-state index is -0.817. The highest BCUT2D eigenvalue weighted by Crippen LogP contribution is 2.18. The second-order valence-corrected chi connectivity index (χ2v) is 23.4. The van der Waals surface area contributed by atoms with Crippen LogP contribution in [-0.4, -0.2) is 37.2 Å². The van der Waals surface area contributed by atoms with E-state index in [4.69, 9.17) is 14.2 Å². The molecule has 0 aliphatic heterocycles. The summed E-state index contributed by atoms with van der Waals surface area (Å²) >= 11 is 0. The zero-order chi connectivity index (χ0) is 59.9. The minimum absolute atomic E-state index is 0.104. The highest BCUT2D eigenvalue weighted by atomic mass is 16.6. The van der Waals surface area contributed by atoms with Crippen molar-refractivity contribution in [1.82, 2.24) is 0 Å². The van der Waals surface area contributed by atoms with Crippen molar-refractivity contribution in [2.45, 2.75) is 348 Å². The molecule has 0 aromatic heterocycles. The van der Waals surface area contributed by atoms with E-state index >= 15 is 0 Å². The molecule has 0 aromatic carbocycles. The molecule has 0 rings (SSSR count). The fraction of sp³-hybridized carbons (Fsp3) is 0.727. The van der Waals surface area contributed by atoms with E-state index in [2.05, 4.69) is 130 Å². The predicted octanol–water partition coefficient (Wildman–Crippen LogP) is 24.6. The van der Waals surface area contributed by atoms with E-state index < -0.39 is 6.10 Å². The molecule has 6 nitrogen and oxygen atoms in total. The summed E-state index contributed by atoms with van der Waals surface area (Å²) in [6.07, 6.45) is 97.0. The maximum absolute atomic E-state index is 12.9. The van der Waals surface area contributed by atoms with Crippen LogP contribution in [0.25, 0.3) is 0 Å². The second-order valence-electron chi connectivity index (χ2n) is 23.4. The normalized spacial score (nSPS) is 12.8. The zero-order valence-corrected chi connectivity index (χ0v) is 54.7. The molecule has 0 fully saturated rings. The molecule has 1 atom stereocenters. The molecule has 0 bridgehead atoms. The third-order valence-electron chi connectivity index (χ3n) is 15.3. The average Bonchev–Trinajstić information content (AvgIpc) is 3.49. The summed E-state index contributed by atoms with van der Waals surface area (Å²) in [5.41, 5.74) is 0. The van der Waals surface area contributed by atoms with Gasteiger partial charge in [0.25, 0.3) is 0 Å². The number of hydrogen-bond donors (Lipinski definition) is 0. The minimum Gasteiger partial charge on any atom is -0.462 e. The van der Waals surface area contributed by atoms with Crippen LogP contribution >= 0.6 is 0 Å². The monoisotopic (exact) mass is 1150 g/mol. The van der Waals surface area contributed by atoms with E-state index in [1.54, 1.807) is 0 Å². The molecule has 0 aromatic rings. The van der Waals surface area contributed by atoms with E-state index in [1.165, 1.54) is 180 Å². The van der Waals surface area contributed by atoms with E-state index in [-0.39, 0.29) is 37.5 Å². The number of carbonyl (C=O) groups excluding carboxylic acids is 3. The third kappa shape index (κ3) is 68.7. The van der Waals surface area contributed by atoms with Gasteiger partial charge in [-0.15, -0.1) is 0 Å². The van der Waals surface area contributed by atoms with Crippen LogP contribution in [0, 0.1) is 0 Å². The number of carbonyl (C=O) groups is 3. The Hall–Kier alpha value is -3.93. The molecule has 0 N–H and O–H groups in total. The second kappa shape index (κ2) is 70.6. The average molecular weight is 1150 g/mol. The summed E-state index contributed by atoms with van der Waals surface area (Å²) in [5.74, 6) is -0.967. The van der Waals surface area contributed by atoms with Gasteiger partial charge >= 0.3 is 17.9 Å². The summed E-state index contributed by atoms with van der Waals surface area (Å²) in [4.78, 5) is 38.4. The number of rotatable bonds is 64. The van der Waals surface area contributed by atoms with E-state index in [0.717, 1.165) is 116 Å². The molecule has 0 aliphatic rings. The van der Waals surface area contributed by atoms with Crippen LogP contribution in [0.4, 0.5) is 0 Å². The fourth-order valence-corrected chi connectivity index (χ4v) is 9.98. The first kappa shape index (κ1) is 79.1. The Bertz CT molecular complexity index is 1660. The molecule has 476 valence electrons. The van der Waals surface area contributed by atoms with Gasteiger partial charge in [0.05, 0.1) is 0 Å². The lowest BCUT2D eigenvalue weighted by atomic mass is 10.0. The Kier molecular flexibility index (Phi) is 67.2. The summed E-state index contributed by atoms with van der Waals surface area (Å²) in [7, 11) is 0. The molecule has 0 amide bonds. The van der Waals surface area contributed by atoms with Gasteiger partial charge in [0.1, 0.15) is 13.2 Å². The predicted molar refractivity (Wildman–Crippen MR) is 362 cm³/mol. The van der Waals surface area contributed by atoms with E-state index in [0.29, 0.717) is 19.3 Å². The highest BCUT2D eigenvalue weighted by molar-refractivity contribution is 5.71. The Morgan fingerprint density at radius 1 is 0.253 bits per heavy atom. The Morgan fingerprint density at radius 2 is 0.494 bits per heavy atom. The molecule has 0 radical (unpaired) electrons. The molecule has 0 spiro atoms. The maximum Gasteiger partial charge on any atom is 0.306 e. The number of esters is 3. The van der Waals surface area contributed by atoms with Gasteiger partial charge in [-0.25, -0.2) is 0 Å². The molecule has 6 heteroatoms. The van der Waals surface area contributed by atoms with Gasteiger partial charge < -0.3 is 14.2 Å². The Balaban J connectivity index is 4.35. The molecule has 0 heterocycles. The van der Waals surface area contributed by atoms with Gasteiger partial charge in [-0.3, -0.25) is 14.4 Å². The molecular weight excluding hydrogens is 1020 g/mol. The van der Waals surface area contributed by atoms with Crippen LogP contribution < -0.4 is 0 Å². The lowest BCUT2D eigenvalue weighted by Gasteiger charge is -2.18. The number of unbranched alkanes of at least 4 members (excludes halogenated alkanes) is 35. The van der Waals surface area contributed by atoms with Crippen molar-refractivity contribution in [3.05, 3.63) is 109 Å². The smallest absolute Gasteiger partial charge is 0.306 e. The van der Waals surface area contributed by atoms with Crippen LogP contribution in [-0.2, 0) is 28.6 Å². The van der Waals surface area contributed by atoms with Gasteiger partial charge in [-0.05, 0) is 96.3 Å². The van der Waals surface area contributed by atoms with Gasteiger partial charge in [0.15, 0.2) is 6.10 Å². The van der Waals surface area contributed by atoms with Crippen molar-refractivity contribution >= 4 is 17.9 Å². The third-order valence-corrected chi connectivity index (χ3v) is 15.3. The van der Waals surface area contributed by atoms with Gasteiger partial charge in [-0.2, -0.15) is 0 Å². The molecule has 1 unspecified atom stereocenters.